The van der Waals surface area contributed by atoms with Crippen LogP contribution >= 0.6 is 11.8 Å². The molecule has 0 saturated carbocycles. The highest BCUT2D eigenvalue weighted by molar-refractivity contribution is 7.99. The first kappa shape index (κ1) is 18.4. The maximum Gasteiger partial charge on any atom is 0.258 e. The largest absolute Gasteiger partial charge is 0.309 e. The second kappa shape index (κ2) is 7.98. The normalized spacial score (nSPS) is 12.4. The van der Waals surface area contributed by atoms with Crippen LogP contribution in [0.2, 0.25) is 0 Å². The fourth-order valence-electron chi connectivity index (χ4n) is 3.14. The summed E-state index contributed by atoms with van der Waals surface area (Å²) in [5, 5.41) is 10.2. The predicted octanol–water partition coefficient (Wildman–Crippen LogP) is 3.98. The van der Waals surface area contributed by atoms with Gasteiger partial charge in [-0.05, 0) is 31.5 Å². The summed E-state index contributed by atoms with van der Waals surface area (Å²) in [7, 11) is 0. The molecule has 2 aromatic heterocycles. The Hall–Kier alpha value is -2.93. The lowest BCUT2D eigenvalue weighted by Gasteiger charge is -2.12. The third kappa shape index (κ3) is 3.71. The Kier molecular flexibility index (Phi) is 5.25. The van der Waals surface area contributed by atoms with Gasteiger partial charge in [-0.25, -0.2) is 4.98 Å². The Morgan fingerprint density at radius 1 is 1.07 bits per heavy atom. The van der Waals surface area contributed by atoms with Gasteiger partial charge in [-0.1, -0.05) is 54.2 Å². The zero-order valence-electron chi connectivity index (χ0n) is 15.8. The van der Waals surface area contributed by atoms with Crippen LogP contribution in [0.5, 0.6) is 0 Å². The fourth-order valence-corrected chi connectivity index (χ4v) is 4.13. The van der Waals surface area contributed by atoms with Crippen molar-refractivity contribution in [3.8, 4) is 0 Å². The molecule has 28 heavy (non-hydrogen) atoms. The molecule has 0 saturated heterocycles. The minimum atomic E-state index is -0.116. The van der Waals surface area contributed by atoms with Gasteiger partial charge in [0.15, 0.2) is 5.16 Å². The summed E-state index contributed by atoms with van der Waals surface area (Å²) in [6, 6.07) is 17.6. The smallest absolute Gasteiger partial charge is 0.258 e. The second-order valence-corrected chi connectivity index (χ2v) is 7.84. The standard InChI is InChI=1S/C21H21N5OS/c1-3-26-18(13-15-9-5-4-6-10-15)24-25-21(26)28-14(2)19-22-17-12-8-7-11-16(17)20(27)23-19/h4-12,14H,3,13H2,1-2H3,(H,22,23,27). The van der Waals surface area contributed by atoms with Crippen molar-refractivity contribution >= 4 is 22.7 Å². The lowest BCUT2D eigenvalue weighted by molar-refractivity contribution is 0.649. The topological polar surface area (TPSA) is 76.5 Å². The number of fused-ring (bicyclic) bond motifs is 1. The van der Waals surface area contributed by atoms with Gasteiger partial charge < -0.3 is 9.55 Å². The van der Waals surface area contributed by atoms with E-state index in [1.165, 1.54) is 5.56 Å². The molecule has 0 radical (unpaired) electrons. The van der Waals surface area contributed by atoms with E-state index in [0.29, 0.717) is 16.7 Å². The van der Waals surface area contributed by atoms with Crippen LogP contribution in [-0.2, 0) is 13.0 Å². The molecule has 142 valence electrons. The fraction of sp³-hybridized carbons (Fsp3) is 0.238. The number of rotatable bonds is 6. The van der Waals surface area contributed by atoms with E-state index in [1.54, 1.807) is 17.8 Å². The molecule has 0 aliphatic heterocycles. The van der Waals surface area contributed by atoms with Crippen LogP contribution in [0.15, 0.2) is 64.5 Å². The molecule has 0 fully saturated rings. The molecular formula is C21H21N5OS. The molecule has 0 aliphatic carbocycles. The lowest BCUT2D eigenvalue weighted by atomic mass is 10.1. The molecule has 4 rings (SSSR count). The van der Waals surface area contributed by atoms with Crippen LogP contribution in [-0.4, -0.2) is 24.7 Å². The van der Waals surface area contributed by atoms with E-state index in [2.05, 4.69) is 43.8 Å². The zero-order valence-corrected chi connectivity index (χ0v) is 16.6. The monoisotopic (exact) mass is 391 g/mol. The van der Waals surface area contributed by atoms with Crippen LogP contribution in [0.4, 0.5) is 0 Å². The summed E-state index contributed by atoms with van der Waals surface area (Å²) >= 11 is 1.55. The van der Waals surface area contributed by atoms with E-state index >= 15 is 0 Å². The molecule has 0 bridgehead atoms. The number of aromatic amines is 1. The molecule has 1 N–H and O–H groups in total. The van der Waals surface area contributed by atoms with Crippen molar-refractivity contribution in [2.75, 3.05) is 0 Å². The van der Waals surface area contributed by atoms with Gasteiger partial charge in [-0.15, -0.1) is 10.2 Å². The first-order chi connectivity index (χ1) is 13.7. The van der Waals surface area contributed by atoms with Crippen LogP contribution < -0.4 is 5.56 Å². The van der Waals surface area contributed by atoms with Gasteiger partial charge in [0, 0.05) is 13.0 Å². The molecule has 2 aromatic carbocycles. The highest BCUT2D eigenvalue weighted by Gasteiger charge is 2.18. The first-order valence-electron chi connectivity index (χ1n) is 9.27. The molecule has 0 aliphatic rings. The van der Waals surface area contributed by atoms with Crippen molar-refractivity contribution in [3.63, 3.8) is 0 Å². The van der Waals surface area contributed by atoms with Gasteiger partial charge in [0.05, 0.1) is 16.2 Å². The van der Waals surface area contributed by atoms with Crippen LogP contribution in [0.3, 0.4) is 0 Å². The number of thioether (sulfide) groups is 1. The van der Waals surface area contributed by atoms with E-state index in [0.717, 1.165) is 23.9 Å². The summed E-state index contributed by atoms with van der Waals surface area (Å²) in [4.78, 5) is 19.9. The number of benzene rings is 2. The van der Waals surface area contributed by atoms with Gasteiger partial charge in [0.25, 0.3) is 5.56 Å². The third-order valence-electron chi connectivity index (χ3n) is 4.61. The van der Waals surface area contributed by atoms with E-state index in [4.69, 9.17) is 0 Å². The average Bonchev–Trinajstić information content (AvgIpc) is 3.09. The number of hydrogen-bond acceptors (Lipinski definition) is 5. The van der Waals surface area contributed by atoms with Gasteiger partial charge in [-0.3, -0.25) is 4.79 Å². The summed E-state index contributed by atoms with van der Waals surface area (Å²) < 4.78 is 2.12. The minimum absolute atomic E-state index is 0.0589. The summed E-state index contributed by atoms with van der Waals surface area (Å²) in [6.07, 6.45) is 0.738. The Balaban J connectivity index is 1.60. The molecule has 1 atom stereocenters. The SMILES string of the molecule is CCn1c(Cc2ccccc2)nnc1SC(C)c1nc2ccccc2c(=O)[nH]1. The van der Waals surface area contributed by atoms with E-state index in [9.17, 15) is 4.79 Å². The number of hydrogen-bond donors (Lipinski definition) is 1. The quantitative estimate of drug-likeness (QED) is 0.503. The van der Waals surface area contributed by atoms with E-state index in [-0.39, 0.29) is 10.8 Å². The predicted molar refractivity (Wildman–Crippen MR) is 112 cm³/mol. The van der Waals surface area contributed by atoms with Crippen molar-refractivity contribution < 1.29 is 0 Å². The average molecular weight is 392 g/mol. The molecule has 0 spiro atoms. The highest BCUT2D eigenvalue weighted by Crippen LogP contribution is 2.32. The molecule has 1 unspecified atom stereocenters. The third-order valence-corrected chi connectivity index (χ3v) is 5.70. The minimum Gasteiger partial charge on any atom is -0.309 e. The first-order valence-corrected chi connectivity index (χ1v) is 10.1. The maximum atomic E-state index is 12.3. The Labute approximate surface area is 167 Å². The van der Waals surface area contributed by atoms with Crippen LogP contribution in [0.25, 0.3) is 10.9 Å². The van der Waals surface area contributed by atoms with Crippen LogP contribution in [0.1, 0.15) is 36.3 Å². The Morgan fingerprint density at radius 2 is 1.82 bits per heavy atom. The number of para-hydroxylation sites is 1. The lowest BCUT2D eigenvalue weighted by Crippen LogP contribution is -2.13. The van der Waals surface area contributed by atoms with Gasteiger partial charge in [-0.2, -0.15) is 0 Å². The number of H-pyrrole nitrogens is 1. The molecule has 4 aromatic rings. The molecule has 2 heterocycles. The second-order valence-electron chi connectivity index (χ2n) is 6.53. The summed E-state index contributed by atoms with van der Waals surface area (Å²) in [5.74, 6) is 1.58. The zero-order chi connectivity index (χ0) is 19.5. The summed E-state index contributed by atoms with van der Waals surface area (Å²) in [5.41, 5.74) is 1.79. The van der Waals surface area contributed by atoms with Crippen LogP contribution in [0, 0.1) is 0 Å². The van der Waals surface area contributed by atoms with Crippen molar-refractivity contribution in [2.24, 2.45) is 0 Å². The van der Waals surface area contributed by atoms with Crippen molar-refractivity contribution in [1.29, 1.82) is 0 Å². The van der Waals surface area contributed by atoms with Crippen molar-refractivity contribution in [3.05, 3.63) is 82.2 Å². The van der Waals surface area contributed by atoms with Gasteiger partial charge in [0.1, 0.15) is 11.6 Å². The Bertz CT molecular complexity index is 1150. The van der Waals surface area contributed by atoms with Gasteiger partial charge in [0.2, 0.25) is 0 Å². The highest BCUT2D eigenvalue weighted by atomic mass is 32.2. The number of nitrogens with zero attached hydrogens (tertiary/aromatic N) is 4. The van der Waals surface area contributed by atoms with E-state index < -0.39 is 0 Å². The van der Waals surface area contributed by atoms with Crippen molar-refractivity contribution in [2.45, 2.75) is 37.2 Å². The number of aromatic nitrogens is 5. The molecular weight excluding hydrogens is 370 g/mol. The molecule has 6 nitrogen and oxygen atoms in total. The van der Waals surface area contributed by atoms with E-state index in [1.807, 2.05) is 43.3 Å². The Morgan fingerprint density at radius 3 is 2.61 bits per heavy atom. The van der Waals surface area contributed by atoms with Crippen molar-refractivity contribution in [1.82, 2.24) is 24.7 Å². The number of nitrogens with one attached hydrogen (secondary N) is 1. The maximum absolute atomic E-state index is 12.3. The molecule has 7 heteroatoms. The molecule has 0 amide bonds. The van der Waals surface area contributed by atoms with Gasteiger partial charge >= 0.3 is 0 Å². The summed E-state index contributed by atoms with van der Waals surface area (Å²) in [6.45, 7) is 4.89.